The second kappa shape index (κ2) is 10.8. The molecule has 1 fully saturated rings. The highest BCUT2D eigenvalue weighted by Crippen LogP contribution is 2.30. The van der Waals surface area contributed by atoms with Gasteiger partial charge in [0.15, 0.2) is 0 Å². The average Bonchev–Trinajstić information content (AvgIpc) is 3.09. The van der Waals surface area contributed by atoms with Crippen molar-refractivity contribution in [2.75, 3.05) is 26.7 Å². The molecule has 2 heterocycles. The number of carbonyl (C=O) groups is 2. The quantitative estimate of drug-likeness (QED) is 0.600. The normalized spacial score (nSPS) is 17.6. The summed E-state index contributed by atoms with van der Waals surface area (Å²) >= 11 is 0. The molecule has 5 heteroatoms. The van der Waals surface area contributed by atoms with Gasteiger partial charge in [0.1, 0.15) is 0 Å². The summed E-state index contributed by atoms with van der Waals surface area (Å²) in [5.41, 5.74) is 2.10. The average molecular weight is 400 g/mol. The van der Waals surface area contributed by atoms with E-state index in [0.717, 1.165) is 31.5 Å². The van der Waals surface area contributed by atoms with E-state index in [9.17, 15) is 9.59 Å². The maximum Gasteiger partial charge on any atom is 0.255 e. The molecule has 3 rings (SSSR count). The van der Waals surface area contributed by atoms with Gasteiger partial charge in [0.05, 0.1) is 11.1 Å². The lowest BCUT2D eigenvalue weighted by Crippen LogP contribution is -2.45. The van der Waals surface area contributed by atoms with Crippen molar-refractivity contribution in [3.63, 3.8) is 0 Å². The molecule has 29 heavy (non-hydrogen) atoms. The molecule has 1 saturated heterocycles. The minimum Gasteiger partial charge on any atom is -0.355 e. The number of likely N-dealkylation sites (tertiary alicyclic amines) is 1. The van der Waals surface area contributed by atoms with Gasteiger partial charge in [-0.2, -0.15) is 0 Å². The van der Waals surface area contributed by atoms with Crippen LogP contribution in [-0.2, 0) is 6.54 Å². The highest BCUT2D eigenvalue weighted by molar-refractivity contribution is 6.09. The molecule has 0 spiro atoms. The molecule has 2 aliphatic rings. The largest absolute Gasteiger partial charge is 0.355 e. The molecule has 0 saturated carbocycles. The molecule has 0 aromatic heterocycles. The number of unbranched alkanes of at least 4 members (excludes halogenated alkanes) is 6. The predicted octanol–water partition coefficient (Wildman–Crippen LogP) is 4.22. The number of fused-ring (bicyclic) bond motifs is 1. The molecule has 5 nitrogen and oxygen atoms in total. The van der Waals surface area contributed by atoms with Crippen molar-refractivity contribution in [3.05, 3.63) is 34.9 Å². The molecule has 1 aromatic carbocycles. The highest BCUT2D eigenvalue weighted by atomic mass is 16.2. The Labute approximate surface area is 175 Å². The highest BCUT2D eigenvalue weighted by Gasteiger charge is 2.36. The summed E-state index contributed by atoms with van der Waals surface area (Å²) in [4.78, 5) is 29.8. The summed E-state index contributed by atoms with van der Waals surface area (Å²) in [7, 11) is 1.61. The van der Waals surface area contributed by atoms with Crippen LogP contribution in [0.25, 0.3) is 0 Å². The Bertz CT molecular complexity index is 695. The molecule has 1 N–H and O–H groups in total. The fourth-order valence-corrected chi connectivity index (χ4v) is 4.75. The van der Waals surface area contributed by atoms with E-state index in [1.54, 1.807) is 13.1 Å². The Morgan fingerprint density at radius 1 is 1.07 bits per heavy atom. The third-order valence-electron chi connectivity index (χ3n) is 6.51. The fourth-order valence-electron chi connectivity index (χ4n) is 4.75. The van der Waals surface area contributed by atoms with Gasteiger partial charge in [0, 0.05) is 32.7 Å². The number of rotatable bonds is 10. The van der Waals surface area contributed by atoms with E-state index in [-0.39, 0.29) is 17.9 Å². The molecular formula is C24H37N3O2. The van der Waals surface area contributed by atoms with Crippen LogP contribution in [0.3, 0.4) is 0 Å². The number of hydrogen-bond acceptors (Lipinski definition) is 3. The molecule has 2 aliphatic heterocycles. The van der Waals surface area contributed by atoms with E-state index in [0.29, 0.717) is 17.7 Å². The number of hydrogen-bond donors (Lipinski definition) is 1. The van der Waals surface area contributed by atoms with E-state index < -0.39 is 0 Å². The summed E-state index contributed by atoms with van der Waals surface area (Å²) in [5, 5.41) is 2.65. The Morgan fingerprint density at radius 3 is 2.45 bits per heavy atom. The lowest BCUT2D eigenvalue weighted by atomic mass is 10.0. The van der Waals surface area contributed by atoms with Crippen molar-refractivity contribution in [1.29, 1.82) is 0 Å². The first kappa shape index (κ1) is 21.8. The maximum absolute atomic E-state index is 13.1. The van der Waals surface area contributed by atoms with Gasteiger partial charge < -0.3 is 15.1 Å². The fraction of sp³-hybridized carbons (Fsp3) is 0.667. The first-order valence-electron chi connectivity index (χ1n) is 11.5. The number of piperidine rings is 1. The molecule has 1 aromatic rings. The van der Waals surface area contributed by atoms with Crippen molar-refractivity contribution in [2.45, 2.75) is 77.3 Å². The van der Waals surface area contributed by atoms with Crippen LogP contribution in [0, 0.1) is 0 Å². The Morgan fingerprint density at radius 2 is 1.76 bits per heavy atom. The van der Waals surface area contributed by atoms with Crippen LogP contribution in [0.2, 0.25) is 0 Å². The molecule has 0 bridgehead atoms. The third-order valence-corrected chi connectivity index (χ3v) is 6.51. The monoisotopic (exact) mass is 399 g/mol. The van der Waals surface area contributed by atoms with E-state index in [1.165, 1.54) is 51.5 Å². The summed E-state index contributed by atoms with van der Waals surface area (Å²) in [5.74, 6) is -0.147. The van der Waals surface area contributed by atoms with E-state index in [2.05, 4.69) is 17.1 Å². The number of nitrogens with one attached hydrogen (secondary N) is 1. The molecule has 0 atom stereocenters. The number of carbonyl (C=O) groups excluding carboxylic acids is 2. The first-order valence-corrected chi connectivity index (χ1v) is 11.5. The van der Waals surface area contributed by atoms with Gasteiger partial charge >= 0.3 is 0 Å². The summed E-state index contributed by atoms with van der Waals surface area (Å²) in [6.45, 7) is 6.24. The van der Waals surface area contributed by atoms with Gasteiger partial charge in [0.2, 0.25) is 0 Å². The molecule has 2 amide bonds. The Balaban J connectivity index is 1.45. The smallest absolute Gasteiger partial charge is 0.255 e. The summed E-state index contributed by atoms with van der Waals surface area (Å²) in [6, 6.07) is 5.90. The van der Waals surface area contributed by atoms with Crippen LogP contribution >= 0.6 is 0 Å². The second-order valence-electron chi connectivity index (χ2n) is 8.55. The maximum atomic E-state index is 13.1. The van der Waals surface area contributed by atoms with Crippen molar-refractivity contribution < 1.29 is 9.59 Å². The summed E-state index contributed by atoms with van der Waals surface area (Å²) in [6.07, 6.45) is 11.5. The zero-order valence-corrected chi connectivity index (χ0v) is 18.2. The lowest BCUT2D eigenvalue weighted by Gasteiger charge is -2.36. The minimum absolute atomic E-state index is 0.0322. The van der Waals surface area contributed by atoms with Gasteiger partial charge in [-0.1, -0.05) is 57.6 Å². The van der Waals surface area contributed by atoms with Crippen molar-refractivity contribution in [3.8, 4) is 0 Å². The number of benzene rings is 1. The minimum atomic E-state index is -0.179. The van der Waals surface area contributed by atoms with E-state index in [1.807, 2.05) is 17.0 Å². The second-order valence-corrected chi connectivity index (χ2v) is 8.55. The van der Waals surface area contributed by atoms with Gasteiger partial charge in [-0.3, -0.25) is 9.59 Å². The van der Waals surface area contributed by atoms with Gasteiger partial charge in [-0.05, 0) is 37.4 Å². The molecule has 0 unspecified atom stereocenters. The van der Waals surface area contributed by atoms with E-state index in [4.69, 9.17) is 0 Å². The Hall–Kier alpha value is -1.88. The zero-order valence-electron chi connectivity index (χ0n) is 18.2. The lowest BCUT2D eigenvalue weighted by molar-refractivity contribution is 0.0593. The standard InChI is InChI=1S/C24H37N3O2/c1-3-4-5-6-7-8-9-15-26-16-13-20(14-17-26)27-18-19-11-10-12-21(23(28)25-2)22(19)24(27)29/h10-12,20H,3-9,13-18H2,1-2H3,(H,25,28). The van der Waals surface area contributed by atoms with Crippen LogP contribution in [0.5, 0.6) is 0 Å². The first-order chi connectivity index (χ1) is 14.2. The third kappa shape index (κ3) is 5.39. The molecule has 160 valence electrons. The number of amides is 2. The molecule has 0 radical (unpaired) electrons. The topological polar surface area (TPSA) is 52.6 Å². The van der Waals surface area contributed by atoms with Gasteiger partial charge in [0.25, 0.3) is 11.8 Å². The molecular weight excluding hydrogens is 362 g/mol. The van der Waals surface area contributed by atoms with Crippen LogP contribution in [-0.4, -0.2) is 54.3 Å². The van der Waals surface area contributed by atoms with Crippen LogP contribution < -0.4 is 5.32 Å². The Kier molecular flexibility index (Phi) is 8.10. The van der Waals surface area contributed by atoms with Crippen LogP contribution in [0.4, 0.5) is 0 Å². The van der Waals surface area contributed by atoms with Crippen LogP contribution in [0.15, 0.2) is 18.2 Å². The van der Waals surface area contributed by atoms with Crippen molar-refractivity contribution >= 4 is 11.8 Å². The number of nitrogens with zero attached hydrogens (tertiary/aromatic N) is 2. The predicted molar refractivity (Wildman–Crippen MR) is 117 cm³/mol. The summed E-state index contributed by atoms with van der Waals surface area (Å²) < 4.78 is 0. The van der Waals surface area contributed by atoms with Gasteiger partial charge in [-0.25, -0.2) is 0 Å². The van der Waals surface area contributed by atoms with Crippen LogP contribution in [0.1, 0.15) is 91.0 Å². The SMILES string of the molecule is CCCCCCCCCN1CCC(N2Cc3cccc(C(=O)NC)c3C2=O)CC1. The zero-order chi connectivity index (χ0) is 20.6. The molecule has 0 aliphatic carbocycles. The van der Waals surface area contributed by atoms with Crippen molar-refractivity contribution in [1.82, 2.24) is 15.1 Å². The van der Waals surface area contributed by atoms with E-state index >= 15 is 0 Å². The van der Waals surface area contributed by atoms with Gasteiger partial charge in [-0.15, -0.1) is 0 Å². The van der Waals surface area contributed by atoms with Crippen molar-refractivity contribution in [2.24, 2.45) is 0 Å².